The minimum absolute atomic E-state index is 0.0197. The predicted molar refractivity (Wildman–Crippen MR) is 68.6 cm³/mol. The highest BCUT2D eigenvalue weighted by Gasteiger charge is 2.10. The number of halogens is 1. The van der Waals surface area contributed by atoms with Gasteiger partial charge in [-0.25, -0.2) is 0 Å². The molecular weight excluding hydrogens is 236 g/mol. The molecule has 0 amide bonds. The molecule has 2 aromatic carbocycles. The maximum atomic E-state index is 9.20. The fraction of sp³-hybridized carbons (Fsp3) is 0.143. The predicted octanol–water partition coefficient (Wildman–Crippen LogP) is 3.93. The second kappa shape index (κ2) is 5.21. The van der Waals surface area contributed by atoms with Gasteiger partial charge in [0.25, 0.3) is 0 Å². The first-order valence-corrected chi connectivity index (χ1v) is 5.72. The Hall–Kier alpha value is -1.51. The smallest absolute Gasteiger partial charge is 0.149 e. The Labute approximate surface area is 105 Å². The van der Waals surface area contributed by atoms with Crippen LogP contribution in [0.25, 0.3) is 0 Å². The van der Waals surface area contributed by atoms with Gasteiger partial charge in [-0.1, -0.05) is 35.9 Å². The van der Waals surface area contributed by atoms with Gasteiger partial charge in [0.15, 0.2) is 0 Å². The maximum absolute atomic E-state index is 9.20. The zero-order valence-corrected chi connectivity index (χ0v) is 10.2. The van der Waals surface area contributed by atoms with Crippen molar-refractivity contribution < 1.29 is 9.84 Å². The quantitative estimate of drug-likeness (QED) is 0.892. The number of para-hydroxylation sites is 1. The van der Waals surface area contributed by atoms with Crippen LogP contribution in [-0.2, 0) is 6.61 Å². The Balaban J connectivity index is 2.38. The summed E-state index contributed by atoms with van der Waals surface area (Å²) in [6.45, 7) is 1.86. The lowest BCUT2D eigenvalue weighted by Gasteiger charge is -2.13. The summed E-state index contributed by atoms with van der Waals surface area (Å²) in [6.07, 6.45) is 0. The highest BCUT2D eigenvalue weighted by atomic mass is 35.5. The second-order valence-electron chi connectivity index (χ2n) is 3.73. The number of ether oxygens (including phenoxy) is 1. The number of hydrogen-bond acceptors (Lipinski definition) is 2. The number of aliphatic hydroxyl groups excluding tert-OH is 1. The molecule has 0 aliphatic heterocycles. The average molecular weight is 249 g/mol. The summed E-state index contributed by atoms with van der Waals surface area (Å²) in [7, 11) is 0. The van der Waals surface area contributed by atoms with E-state index in [2.05, 4.69) is 0 Å². The molecule has 2 nitrogen and oxygen atoms in total. The Morgan fingerprint density at radius 2 is 1.82 bits per heavy atom. The molecule has 88 valence electrons. The lowest BCUT2D eigenvalue weighted by molar-refractivity contribution is 0.280. The van der Waals surface area contributed by atoms with Gasteiger partial charge in [0.1, 0.15) is 11.5 Å². The van der Waals surface area contributed by atoms with Crippen LogP contribution in [0.1, 0.15) is 11.1 Å². The molecule has 0 aliphatic rings. The topological polar surface area (TPSA) is 29.5 Å². The summed E-state index contributed by atoms with van der Waals surface area (Å²) in [6, 6.07) is 13.0. The first-order chi connectivity index (χ1) is 8.22. The molecule has 0 aromatic heterocycles. The van der Waals surface area contributed by atoms with E-state index in [9.17, 15) is 5.11 Å². The van der Waals surface area contributed by atoms with E-state index in [0.717, 1.165) is 16.9 Å². The molecule has 0 radical (unpaired) electrons. The summed E-state index contributed by atoms with van der Waals surface area (Å²) in [5, 5.41) is 9.75. The maximum Gasteiger partial charge on any atom is 0.149 e. The van der Waals surface area contributed by atoms with Gasteiger partial charge in [-0.3, -0.25) is 0 Å². The fourth-order valence-corrected chi connectivity index (χ4v) is 1.85. The van der Waals surface area contributed by atoms with Crippen molar-refractivity contribution in [2.75, 3.05) is 0 Å². The molecule has 0 fully saturated rings. The van der Waals surface area contributed by atoms with Crippen LogP contribution in [0.15, 0.2) is 42.5 Å². The molecule has 0 aliphatic carbocycles. The molecule has 0 saturated heterocycles. The SMILES string of the molecule is Cc1c(CO)ccc(Cl)c1Oc1ccccc1. The van der Waals surface area contributed by atoms with Gasteiger partial charge in [-0.2, -0.15) is 0 Å². The van der Waals surface area contributed by atoms with E-state index < -0.39 is 0 Å². The zero-order valence-electron chi connectivity index (χ0n) is 9.48. The molecule has 1 N–H and O–H groups in total. The fourth-order valence-electron chi connectivity index (χ4n) is 1.60. The number of aliphatic hydroxyl groups is 1. The number of benzene rings is 2. The van der Waals surface area contributed by atoms with Crippen LogP contribution in [-0.4, -0.2) is 5.11 Å². The minimum Gasteiger partial charge on any atom is -0.456 e. The van der Waals surface area contributed by atoms with Crippen LogP contribution < -0.4 is 4.74 Å². The van der Waals surface area contributed by atoms with Gasteiger partial charge in [0.2, 0.25) is 0 Å². The van der Waals surface area contributed by atoms with Crippen LogP contribution >= 0.6 is 11.6 Å². The summed E-state index contributed by atoms with van der Waals surface area (Å²) in [5.74, 6) is 1.33. The monoisotopic (exact) mass is 248 g/mol. The highest BCUT2D eigenvalue weighted by molar-refractivity contribution is 6.32. The van der Waals surface area contributed by atoms with E-state index in [4.69, 9.17) is 16.3 Å². The van der Waals surface area contributed by atoms with E-state index in [0.29, 0.717) is 10.8 Å². The van der Waals surface area contributed by atoms with Crippen molar-refractivity contribution in [3.05, 3.63) is 58.6 Å². The molecule has 0 unspecified atom stereocenters. The number of hydrogen-bond donors (Lipinski definition) is 1. The van der Waals surface area contributed by atoms with Crippen LogP contribution in [0.3, 0.4) is 0 Å². The van der Waals surface area contributed by atoms with Gasteiger partial charge in [0, 0.05) is 0 Å². The molecule has 3 heteroatoms. The summed E-state index contributed by atoms with van der Waals surface area (Å²) in [5.41, 5.74) is 1.68. The lowest BCUT2D eigenvalue weighted by Crippen LogP contribution is -1.94. The van der Waals surface area contributed by atoms with Crippen LogP contribution in [0.5, 0.6) is 11.5 Å². The van der Waals surface area contributed by atoms with Gasteiger partial charge in [-0.15, -0.1) is 0 Å². The van der Waals surface area contributed by atoms with Crippen molar-refractivity contribution >= 4 is 11.6 Å². The van der Waals surface area contributed by atoms with Crippen molar-refractivity contribution in [1.29, 1.82) is 0 Å². The minimum atomic E-state index is -0.0197. The molecule has 2 aromatic rings. The third kappa shape index (κ3) is 2.60. The average Bonchev–Trinajstić information content (AvgIpc) is 2.36. The van der Waals surface area contributed by atoms with E-state index in [1.807, 2.05) is 37.3 Å². The van der Waals surface area contributed by atoms with Crippen molar-refractivity contribution in [3.63, 3.8) is 0 Å². The van der Waals surface area contributed by atoms with Gasteiger partial charge in [-0.05, 0) is 36.2 Å². The van der Waals surface area contributed by atoms with E-state index in [1.54, 1.807) is 12.1 Å². The molecule has 17 heavy (non-hydrogen) atoms. The summed E-state index contributed by atoms with van der Waals surface area (Å²) in [4.78, 5) is 0. The Morgan fingerprint density at radius 1 is 1.12 bits per heavy atom. The standard InChI is InChI=1S/C14H13ClO2/c1-10-11(9-16)7-8-13(15)14(10)17-12-5-3-2-4-6-12/h2-8,16H,9H2,1H3. The Morgan fingerprint density at radius 3 is 2.47 bits per heavy atom. The molecule has 0 spiro atoms. The van der Waals surface area contributed by atoms with Crippen LogP contribution in [0.2, 0.25) is 5.02 Å². The third-order valence-corrected chi connectivity index (χ3v) is 2.90. The molecule has 2 rings (SSSR count). The first-order valence-electron chi connectivity index (χ1n) is 5.34. The first kappa shape index (κ1) is 12.0. The van der Waals surface area contributed by atoms with Gasteiger partial charge in [0.05, 0.1) is 11.6 Å². The Bertz CT molecular complexity index is 509. The van der Waals surface area contributed by atoms with E-state index in [-0.39, 0.29) is 6.61 Å². The molecule has 0 heterocycles. The van der Waals surface area contributed by atoms with Gasteiger partial charge >= 0.3 is 0 Å². The van der Waals surface area contributed by atoms with Gasteiger partial charge < -0.3 is 9.84 Å². The van der Waals surface area contributed by atoms with E-state index in [1.165, 1.54) is 0 Å². The second-order valence-corrected chi connectivity index (χ2v) is 4.14. The summed E-state index contributed by atoms with van der Waals surface area (Å²) >= 11 is 6.10. The zero-order chi connectivity index (χ0) is 12.3. The van der Waals surface area contributed by atoms with Crippen LogP contribution in [0, 0.1) is 6.92 Å². The van der Waals surface area contributed by atoms with Crippen molar-refractivity contribution in [2.24, 2.45) is 0 Å². The summed E-state index contributed by atoms with van der Waals surface area (Å²) < 4.78 is 5.74. The van der Waals surface area contributed by atoms with E-state index >= 15 is 0 Å². The molecule has 0 atom stereocenters. The highest BCUT2D eigenvalue weighted by Crippen LogP contribution is 2.34. The van der Waals surface area contributed by atoms with Crippen LogP contribution in [0.4, 0.5) is 0 Å². The number of rotatable bonds is 3. The third-order valence-electron chi connectivity index (χ3n) is 2.60. The van der Waals surface area contributed by atoms with Crippen molar-refractivity contribution in [2.45, 2.75) is 13.5 Å². The molecule has 0 bridgehead atoms. The lowest BCUT2D eigenvalue weighted by atomic mass is 10.1. The normalized spacial score (nSPS) is 10.3. The van der Waals surface area contributed by atoms with Crippen molar-refractivity contribution in [3.8, 4) is 11.5 Å². The molecule has 0 saturated carbocycles. The largest absolute Gasteiger partial charge is 0.456 e. The van der Waals surface area contributed by atoms with Crippen molar-refractivity contribution in [1.82, 2.24) is 0 Å². The molecular formula is C14H13ClO2. The Kier molecular flexibility index (Phi) is 3.67.